The average Bonchev–Trinajstić information content (AvgIpc) is 2.32. The Morgan fingerprint density at radius 3 is 2.59 bits per heavy atom. The highest BCUT2D eigenvalue weighted by molar-refractivity contribution is 5.79. The van der Waals surface area contributed by atoms with Crippen LogP contribution in [0.1, 0.15) is 29.5 Å². The zero-order valence-corrected chi connectivity index (χ0v) is 10.8. The van der Waals surface area contributed by atoms with Gasteiger partial charge in [0, 0.05) is 32.5 Å². The summed E-state index contributed by atoms with van der Waals surface area (Å²) in [5.74, 6) is 0.424. The molecule has 92 valence electrons. The van der Waals surface area contributed by atoms with Crippen LogP contribution in [0.25, 0.3) is 0 Å². The molecular weight excluding hydrogens is 210 g/mol. The predicted molar refractivity (Wildman–Crippen MR) is 70.3 cm³/mol. The molecule has 0 amide bonds. The van der Waals surface area contributed by atoms with Crippen molar-refractivity contribution in [1.29, 1.82) is 0 Å². The molecule has 17 heavy (non-hydrogen) atoms. The van der Waals surface area contributed by atoms with E-state index in [4.69, 9.17) is 0 Å². The molecule has 1 aromatic carbocycles. The Morgan fingerprint density at radius 1 is 1.18 bits per heavy atom. The van der Waals surface area contributed by atoms with Crippen LogP contribution in [0.4, 0.5) is 0 Å². The second-order valence-electron chi connectivity index (χ2n) is 5.06. The molecule has 1 heterocycles. The van der Waals surface area contributed by atoms with Crippen molar-refractivity contribution >= 4 is 5.78 Å². The Kier molecular flexibility index (Phi) is 3.95. The van der Waals surface area contributed by atoms with E-state index in [0.29, 0.717) is 5.78 Å². The van der Waals surface area contributed by atoms with Gasteiger partial charge in [-0.15, -0.1) is 0 Å². The van der Waals surface area contributed by atoms with Crippen molar-refractivity contribution < 1.29 is 4.79 Å². The molecule has 1 aliphatic heterocycles. The van der Waals surface area contributed by atoms with Crippen LogP contribution in [0, 0.1) is 13.8 Å². The molecule has 2 heteroatoms. The monoisotopic (exact) mass is 231 g/mol. The van der Waals surface area contributed by atoms with Gasteiger partial charge in [0.05, 0.1) is 0 Å². The number of carbonyl (C=O) groups is 1. The van der Waals surface area contributed by atoms with E-state index >= 15 is 0 Å². The molecule has 1 saturated heterocycles. The van der Waals surface area contributed by atoms with Gasteiger partial charge in [0.1, 0.15) is 5.78 Å². The van der Waals surface area contributed by atoms with E-state index in [1.54, 1.807) is 0 Å². The summed E-state index contributed by atoms with van der Waals surface area (Å²) in [6.07, 6.45) is 2.58. The van der Waals surface area contributed by atoms with Crippen molar-refractivity contribution in [1.82, 2.24) is 4.90 Å². The maximum atomic E-state index is 11.2. The highest BCUT2D eigenvalue weighted by Gasteiger charge is 2.15. The zero-order valence-electron chi connectivity index (χ0n) is 10.8. The number of hydrogen-bond donors (Lipinski definition) is 0. The number of ketones is 1. The van der Waals surface area contributed by atoms with Crippen molar-refractivity contribution in [3.8, 4) is 0 Å². The van der Waals surface area contributed by atoms with Gasteiger partial charge in [0.25, 0.3) is 0 Å². The Hall–Kier alpha value is -1.15. The fourth-order valence-corrected chi connectivity index (χ4v) is 2.37. The molecule has 0 N–H and O–H groups in total. The molecule has 0 saturated carbocycles. The van der Waals surface area contributed by atoms with E-state index < -0.39 is 0 Å². The lowest BCUT2D eigenvalue weighted by Gasteiger charge is -2.25. The molecule has 0 bridgehead atoms. The smallest absolute Gasteiger partial charge is 0.135 e. The summed E-state index contributed by atoms with van der Waals surface area (Å²) >= 11 is 0. The molecule has 2 rings (SSSR count). The molecule has 1 aliphatic rings. The minimum absolute atomic E-state index is 0.424. The van der Waals surface area contributed by atoms with E-state index in [9.17, 15) is 4.79 Å². The number of carbonyl (C=O) groups excluding carboxylic acids is 1. The van der Waals surface area contributed by atoms with Crippen molar-refractivity contribution in [3.63, 3.8) is 0 Å². The van der Waals surface area contributed by atoms with Gasteiger partial charge in [0.15, 0.2) is 0 Å². The summed E-state index contributed by atoms with van der Waals surface area (Å²) in [5, 5.41) is 0. The number of piperidine rings is 1. The zero-order chi connectivity index (χ0) is 12.3. The lowest BCUT2D eigenvalue weighted by molar-refractivity contribution is -0.121. The Bertz CT molecular complexity index is 401. The second kappa shape index (κ2) is 5.46. The third-order valence-electron chi connectivity index (χ3n) is 3.62. The van der Waals surface area contributed by atoms with Crippen molar-refractivity contribution in [2.24, 2.45) is 0 Å². The molecule has 2 nitrogen and oxygen atoms in total. The highest BCUT2D eigenvalue weighted by atomic mass is 16.1. The summed E-state index contributed by atoms with van der Waals surface area (Å²) < 4.78 is 0. The van der Waals surface area contributed by atoms with Gasteiger partial charge in [-0.3, -0.25) is 4.79 Å². The summed E-state index contributed by atoms with van der Waals surface area (Å²) in [7, 11) is 0. The first kappa shape index (κ1) is 12.3. The molecule has 0 aromatic heterocycles. The number of likely N-dealkylation sites (tertiary alicyclic amines) is 1. The first-order chi connectivity index (χ1) is 8.15. The summed E-state index contributed by atoms with van der Waals surface area (Å²) in [6.45, 7) is 7.29. The van der Waals surface area contributed by atoms with Crippen LogP contribution in [-0.2, 0) is 11.2 Å². The first-order valence-corrected chi connectivity index (χ1v) is 6.45. The third kappa shape index (κ3) is 3.40. The van der Waals surface area contributed by atoms with Gasteiger partial charge in [-0.25, -0.2) is 0 Å². The van der Waals surface area contributed by atoms with Gasteiger partial charge in [-0.2, -0.15) is 0 Å². The lowest BCUT2D eigenvalue weighted by Crippen LogP contribution is -2.35. The van der Waals surface area contributed by atoms with Crippen LogP contribution >= 0.6 is 0 Å². The Balaban J connectivity index is 1.89. The number of Topliss-reactive ketones (excluding diaryl/α,β-unsaturated/α-hetero) is 1. The van der Waals surface area contributed by atoms with Gasteiger partial charge in [0.2, 0.25) is 0 Å². The van der Waals surface area contributed by atoms with E-state index in [2.05, 4.69) is 36.9 Å². The maximum absolute atomic E-state index is 11.2. The van der Waals surface area contributed by atoms with Crippen LogP contribution < -0.4 is 0 Å². The van der Waals surface area contributed by atoms with Crippen LogP contribution in [0.2, 0.25) is 0 Å². The molecule has 0 aliphatic carbocycles. The molecule has 0 radical (unpaired) electrons. The van der Waals surface area contributed by atoms with Gasteiger partial charge >= 0.3 is 0 Å². The molecule has 0 unspecified atom stereocenters. The van der Waals surface area contributed by atoms with Crippen LogP contribution in [0.5, 0.6) is 0 Å². The summed E-state index contributed by atoms with van der Waals surface area (Å²) in [5.41, 5.74) is 4.16. The number of benzene rings is 1. The van der Waals surface area contributed by atoms with E-state index in [1.807, 2.05) is 0 Å². The van der Waals surface area contributed by atoms with Crippen LogP contribution in [0.15, 0.2) is 18.2 Å². The molecule has 1 aromatic rings. The SMILES string of the molecule is Cc1ccc(C)c(CCN2CCC(=O)CC2)c1. The van der Waals surface area contributed by atoms with Gasteiger partial charge in [-0.05, 0) is 31.4 Å². The fourth-order valence-electron chi connectivity index (χ4n) is 2.37. The van der Waals surface area contributed by atoms with Crippen molar-refractivity contribution in [2.75, 3.05) is 19.6 Å². The number of aryl methyl sites for hydroxylation is 2. The molecule has 0 spiro atoms. The largest absolute Gasteiger partial charge is 0.302 e. The van der Waals surface area contributed by atoms with Gasteiger partial charge < -0.3 is 4.90 Å². The molecule has 0 atom stereocenters. The van der Waals surface area contributed by atoms with E-state index in [-0.39, 0.29) is 0 Å². The summed E-state index contributed by atoms with van der Waals surface area (Å²) in [4.78, 5) is 13.6. The standard InChI is InChI=1S/C15H21NO/c1-12-3-4-13(2)14(11-12)5-8-16-9-6-15(17)7-10-16/h3-4,11H,5-10H2,1-2H3. The van der Waals surface area contributed by atoms with E-state index in [0.717, 1.165) is 38.9 Å². The number of hydrogen-bond acceptors (Lipinski definition) is 2. The quantitative estimate of drug-likeness (QED) is 0.796. The fraction of sp³-hybridized carbons (Fsp3) is 0.533. The lowest BCUT2D eigenvalue weighted by atomic mass is 10.0. The molecular formula is C15H21NO. The predicted octanol–water partition coefficient (Wildman–Crippen LogP) is 2.51. The highest BCUT2D eigenvalue weighted by Crippen LogP contribution is 2.13. The third-order valence-corrected chi connectivity index (χ3v) is 3.62. The van der Waals surface area contributed by atoms with Crippen LogP contribution in [0.3, 0.4) is 0 Å². The second-order valence-corrected chi connectivity index (χ2v) is 5.06. The van der Waals surface area contributed by atoms with E-state index in [1.165, 1.54) is 16.7 Å². The number of nitrogens with zero attached hydrogens (tertiary/aromatic N) is 1. The Morgan fingerprint density at radius 2 is 1.88 bits per heavy atom. The summed E-state index contributed by atoms with van der Waals surface area (Å²) in [6, 6.07) is 6.65. The van der Waals surface area contributed by atoms with Gasteiger partial charge in [-0.1, -0.05) is 23.8 Å². The van der Waals surface area contributed by atoms with Crippen molar-refractivity contribution in [3.05, 3.63) is 34.9 Å². The number of rotatable bonds is 3. The maximum Gasteiger partial charge on any atom is 0.135 e. The first-order valence-electron chi connectivity index (χ1n) is 6.45. The minimum atomic E-state index is 0.424. The molecule has 1 fully saturated rings. The topological polar surface area (TPSA) is 20.3 Å². The van der Waals surface area contributed by atoms with Crippen LogP contribution in [-0.4, -0.2) is 30.3 Å². The average molecular weight is 231 g/mol. The minimum Gasteiger partial charge on any atom is -0.302 e. The normalized spacial score (nSPS) is 17.4. The Labute approximate surface area is 104 Å². The van der Waals surface area contributed by atoms with Crippen molar-refractivity contribution in [2.45, 2.75) is 33.1 Å².